The molecule has 0 unspecified atom stereocenters. The molecular formula is C21H18O4. The standard InChI is InChI=1S/C21H18O4/c22-18-10-6-16(7-11-18)21(14-20(24)25,15-4-2-1-3-5-15)17-8-12-19(23)13-9-17/h1-13,22-23H,14H2,(H,24,25). The van der Waals surface area contributed by atoms with Crippen LogP contribution in [-0.4, -0.2) is 21.3 Å². The van der Waals surface area contributed by atoms with E-state index >= 15 is 0 Å². The van der Waals surface area contributed by atoms with Crippen LogP contribution in [-0.2, 0) is 10.2 Å². The summed E-state index contributed by atoms with van der Waals surface area (Å²) in [4.78, 5) is 11.8. The number of carboxylic acids is 1. The Morgan fingerprint density at radius 3 is 1.48 bits per heavy atom. The van der Waals surface area contributed by atoms with Gasteiger partial charge in [-0.3, -0.25) is 4.79 Å². The van der Waals surface area contributed by atoms with E-state index in [-0.39, 0.29) is 17.9 Å². The molecule has 0 bridgehead atoms. The predicted octanol–water partition coefficient (Wildman–Crippen LogP) is 3.91. The molecule has 0 aliphatic rings. The fraction of sp³-hybridized carbons (Fsp3) is 0.0952. The summed E-state index contributed by atoms with van der Waals surface area (Å²) >= 11 is 0. The average molecular weight is 334 g/mol. The summed E-state index contributed by atoms with van der Waals surface area (Å²) in [5.41, 5.74) is 1.40. The monoisotopic (exact) mass is 334 g/mol. The van der Waals surface area contributed by atoms with E-state index in [1.807, 2.05) is 30.3 Å². The number of hydrogen-bond donors (Lipinski definition) is 3. The zero-order valence-corrected chi connectivity index (χ0v) is 13.5. The molecule has 4 nitrogen and oxygen atoms in total. The van der Waals surface area contributed by atoms with E-state index in [0.29, 0.717) is 0 Å². The molecule has 0 saturated carbocycles. The number of benzene rings is 3. The molecular weight excluding hydrogens is 316 g/mol. The lowest BCUT2D eigenvalue weighted by atomic mass is 9.67. The van der Waals surface area contributed by atoms with Crippen molar-refractivity contribution < 1.29 is 20.1 Å². The van der Waals surface area contributed by atoms with Crippen molar-refractivity contribution >= 4 is 5.97 Å². The molecule has 0 saturated heterocycles. The Morgan fingerprint density at radius 2 is 1.08 bits per heavy atom. The lowest BCUT2D eigenvalue weighted by Gasteiger charge is -2.34. The molecule has 0 aliphatic carbocycles. The number of phenols is 2. The van der Waals surface area contributed by atoms with Gasteiger partial charge in [0.1, 0.15) is 11.5 Å². The maximum Gasteiger partial charge on any atom is 0.304 e. The molecule has 25 heavy (non-hydrogen) atoms. The third-order valence-corrected chi connectivity index (χ3v) is 4.40. The first-order valence-electron chi connectivity index (χ1n) is 7.89. The quantitative estimate of drug-likeness (QED) is 0.618. The van der Waals surface area contributed by atoms with Gasteiger partial charge in [0.25, 0.3) is 0 Å². The minimum absolute atomic E-state index is 0.117. The number of aromatic hydroxyl groups is 2. The Labute approximate surface area is 145 Å². The van der Waals surface area contributed by atoms with E-state index in [9.17, 15) is 20.1 Å². The fourth-order valence-corrected chi connectivity index (χ4v) is 3.25. The van der Waals surface area contributed by atoms with Crippen LogP contribution in [0.5, 0.6) is 11.5 Å². The molecule has 4 heteroatoms. The summed E-state index contributed by atoms with van der Waals surface area (Å²) in [6.45, 7) is 0. The SMILES string of the molecule is O=C(O)CC(c1ccccc1)(c1ccc(O)cc1)c1ccc(O)cc1. The van der Waals surface area contributed by atoms with Gasteiger partial charge >= 0.3 is 5.97 Å². The zero-order chi connectivity index (χ0) is 17.9. The van der Waals surface area contributed by atoms with Gasteiger partial charge in [0.15, 0.2) is 0 Å². The zero-order valence-electron chi connectivity index (χ0n) is 13.5. The highest BCUT2D eigenvalue weighted by molar-refractivity contribution is 5.73. The third-order valence-electron chi connectivity index (χ3n) is 4.40. The smallest absolute Gasteiger partial charge is 0.304 e. The molecule has 0 spiro atoms. The number of hydrogen-bond acceptors (Lipinski definition) is 3. The Morgan fingerprint density at radius 1 is 0.680 bits per heavy atom. The van der Waals surface area contributed by atoms with Crippen LogP contribution in [0.25, 0.3) is 0 Å². The molecule has 0 radical (unpaired) electrons. The molecule has 3 rings (SSSR count). The number of aliphatic carboxylic acids is 1. The minimum atomic E-state index is -0.940. The van der Waals surface area contributed by atoms with E-state index in [1.165, 1.54) is 0 Å². The summed E-state index contributed by atoms with van der Waals surface area (Å²) in [6.07, 6.45) is -0.160. The second kappa shape index (κ2) is 6.69. The van der Waals surface area contributed by atoms with Crippen molar-refractivity contribution in [2.45, 2.75) is 11.8 Å². The van der Waals surface area contributed by atoms with Gasteiger partial charge in [-0.2, -0.15) is 0 Å². The van der Waals surface area contributed by atoms with Crippen LogP contribution < -0.4 is 0 Å². The first-order chi connectivity index (χ1) is 12.0. The van der Waals surface area contributed by atoms with Crippen molar-refractivity contribution in [3.8, 4) is 11.5 Å². The summed E-state index contributed by atoms with van der Waals surface area (Å²) in [5.74, 6) is -0.705. The molecule has 0 heterocycles. The average Bonchev–Trinajstić information content (AvgIpc) is 2.62. The van der Waals surface area contributed by atoms with Gasteiger partial charge in [0.2, 0.25) is 0 Å². The number of phenolic OH excluding ortho intramolecular Hbond substituents is 2. The van der Waals surface area contributed by atoms with Gasteiger partial charge in [-0.05, 0) is 41.0 Å². The van der Waals surface area contributed by atoms with E-state index in [1.54, 1.807) is 48.5 Å². The van der Waals surface area contributed by atoms with Crippen molar-refractivity contribution in [1.29, 1.82) is 0 Å². The van der Waals surface area contributed by atoms with Crippen LogP contribution in [0.2, 0.25) is 0 Å². The van der Waals surface area contributed by atoms with E-state index in [2.05, 4.69) is 0 Å². The lowest BCUT2D eigenvalue weighted by Crippen LogP contribution is -2.32. The molecule has 0 aromatic heterocycles. The van der Waals surface area contributed by atoms with Crippen molar-refractivity contribution in [2.24, 2.45) is 0 Å². The second-order valence-electron chi connectivity index (χ2n) is 5.94. The van der Waals surface area contributed by atoms with Gasteiger partial charge in [-0.25, -0.2) is 0 Å². The topological polar surface area (TPSA) is 77.8 Å². The summed E-state index contributed by atoms with van der Waals surface area (Å²) in [7, 11) is 0. The van der Waals surface area contributed by atoms with Gasteiger partial charge in [-0.1, -0.05) is 54.6 Å². The summed E-state index contributed by atoms with van der Waals surface area (Å²) in [6, 6.07) is 22.5. The maximum atomic E-state index is 11.8. The van der Waals surface area contributed by atoms with Crippen molar-refractivity contribution in [3.05, 3.63) is 95.6 Å². The lowest BCUT2D eigenvalue weighted by molar-refractivity contribution is -0.137. The molecule has 0 atom stereocenters. The van der Waals surface area contributed by atoms with Gasteiger partial charge in [-0.15, -0.1) is 0 Å². The predicted molar refractivity (Wildman–Crippen MR) is 94.8 cm³/mol. The molecule has 3 N–H and O–H groups in total. The normalized spacial score (nSPS) is 11.2. The Hall–Kier alpha value is -3.27. The maximum absolute atomic E-state index is 11.8. The van der Waals surface area contributed by atoms with Crippen LogP contribution in [0.4, 0.5) is 0 Å². The van der Waals surface area contributed by atoms with Crippen LogP contribution in [0.15, 0.2) is 78.9 Å². The fourth-order valence-electron chi connectivity index (χ4n) is 3.25. The van der Waals surface area contributed by atoms with E-state index in [4.69, 9.17) is 0 Å². The van der Waals surface area contributed by atoms with Gasteiger partial charge < -0.3 is 15.3 Å². The molecule has 3 aromatic rings. The molecule has 0 aliphatic heterocycles. The number of carboxylic acid groups (broad SMARTS) is 1. The van der Waals surface area contributed by atoms with Crippen LogP contribution in [0.3, 0.4) is 0 Å². The first-order valence-corrected chi connectivity index (χ1v) is 7.89. The highest BCUT2D eigenvalue weighted by Gasteiger charge is 2.38. The Bertz CT molecular complexity index is 807. The minimum Gasteiger partial charge on any atom is -0.508 e. The van der Waals surface area contributed by atoms with Gasteiger partial charge in [0.05, 0.1) is 11.8 Å². The summed E-state index contributed by atoms with van der Waals surface area (Å²) < 4.78 is 0. The highest BCUT2D eigenvalue weighted by Crippen LogP contribution is 2.43. The molecule has 126 valence electrons. The molecule has 0 amide bonds. The van der Waals surface area contributed by atoms with E-state index in [0.717, 1.165) is 16.7 Å². The van der Waals surface area contributed by atoms with Gasteiger partial charge in [0, 0.05) is 0 Å². The van der Waals surface area contributed by atoms with Crippen molar-refractivity contribution in [3.63, 3.8) is 0 Å². The number of carbonyl (C=O) groups is 1. The van der Waals surface area contributed by atoms with Crippen molar-refractivity contribution in [1.82, 2.24) is 0 Å². The molecule has 0 fully saturated rings. The van der Waals surface area contributed by atoms with Crippen LogP contribution in [0, 0.1) is 0 Å². The van der Waals surface area contributed by atoms with E-state index < -0.39 is 11.4 Å². The Balaban J connectivity index is 2.32. The third kappa shape index (κ3) is 3.19. The van der Waals surface area contributed by atoms with Crippen LogP contribution in [0.1, 0.15) is 23.1 Å². The molecule has 3 aromatic carbocycles. The highest BCUT2D eigenvalue weighted by atomic mass is 16.4. The second-order valence-corrected chi connectivity index (χ2v) is 5.94. The van der Waals surface area contributed by atoms with Crippen molar-refractivity contribution in [2.75, 3.05) is 0 Å². The number of rotatable bonds is 5. The summed E-state index contributed by atoms with van der Waals surface area (Å²) in [5, 5.41) is 28.9. The first kappa shape index (κ1) is 16.6. The Kier molecular flexibility index (Phi) is 4.44. The largest absolute Gasteiger partial charge is 0.508 e. The van der Waals surface area contributed by atoms with Crippen LogP contribution >= 0.6 is 0 Å².